The zero-order chi connectivity index (χ0) is 16.9. The van der Waals surface area contributed by atoms with Crippen LogP contribution in [0, 0.1) is 11.6 Å². The summed E-state index contributed by atoms with van der Waals surface area (Å²) >= 11 is 3.39. The van der Waals surface area contributed by atoms with E-state index in [1.54, 1.807) is 4.68 Å². The summed E-state index contributed by atoms with van der Waals surface area (Å²) in [6.45, 7) is 6.12. The van der Waals surface area contributed by atoms with Gasteiger partial charge in [0.25, 0.3) is 5.91 Å². The first-order chi connectivity index (χ1) is 10.7. The van der Waals surface area contributed by atoms with Crippen molar-refractivity contribution in [2.75, 3.05) is 11.4 Å². The van der Waals surface area contributed by atoms with Gasteiger partial charge in [0, 0.05) is 12.1 Å². The summed E-state index contributed by atoms with van der Waals surface area (Å²) in [6, 6.07) is 2.14. The maximum absolute atomic E-state index is 14.1. The van der Waals surface area contributed by atoms with E-state index in [1.807, 2.05) is 20.8 Å². The van der Waals surface area contributed by atoms with Crippen molar-refractivity contribution in [3.8, 4) is 0 Å². The molecule has 1 aliphatic rings. The van der Waals surface area contributed by atoms with Gasteiger partial charge in [-0.25, -0.2) is 8.78 Å². The van der Waals surface area contributed by atoms with Crippen LogP contribution < -0.4 is 4.90 Å². The molecule has 1 amide bonds. The third-order valence-electron chi connectivity index (χ3n) is 3.85. The zero-order valence-corrected chi connectivity index (χ0v) is 14.6. The fourth-order valence-corrected chi connectivity index (χ4v) is 3.64. The quantitative estimate of drug-likeness (QED) is 0.749. The van der Waals surface area contributed by atoms with Gasteiger partial charge in [0.05, 0.1) is 23.0 Å². The van der Waals surface area contributed by atoms with Gasteiger partial charge in [-0.3, -0.25) is 9.48 Å². The SMILES string of the molecule is CC(C)(C)n1ncc(C(=O)N2CCc3c(F)ccc(F)c32)c1Br. The van der Waals surface area contributed by atoms with Gasteiger partial charge in [0.15, 0.2) is 0 Å². The molecule has 3 rings (SSSR count). The van der Waals surface area contributed by atoms with Gasteiger partial charge in [-0.15, -0.1) is 0 Å². The van der Waals surface area contributed by atoms with E-state index in [4.69, 9.17) is 0 Å². The van der Waals surface area contributed by atoms with Crippen LogP contribution in [-0.4, -0.2) is 22.2 Å². The lowest BCUT2D eigenvalue weighted by atomic mass is 10.1. The standard InChI is InChI=1S/C16H16BrF2N3O/c1-16(2,3)22-14(17)10(8-20-22)15(23)21-7-6-9-11(18)4-5-12(19)13(9)21/h4-5,8H,6-7H2,1-3H3. The van der Waals surface area contributed by atoms with Gasteiger partial charge in [0.2, 0.25) is 0 Å². The number of benzene rings is 1. The second kappa shape index (κ2) is 5.40. The zero-order valence-electron chi connectivity index (χ0n) is 13.0. The lowest BCUT2D eigenvalue weighted by Crippen LogP contribution is -2.30. The molecule has 0 bridgehead atoms. The van der Waals surface area contributed by atoms with Crippen molar-refractivity contribution in [2.24, 2.45) is 0 Å². The molecule has 0 saturated heterocycles. The van der Waals surface area contributed by atoms with Crippen molar-refractivity contribution in [1.82, 2.24) is 9.78 Å². The van der Waals surface area contributed by atoms with E-state index < -0.39 is 17.5 Å². The third-order valence-corrected chi connectivity index (χ3v) is 4.62. The van der Waals surface area contributed by atoms with E-state index in [1.165, 1.54) is 11.1 Å². The Morgan fingerprint density at radius 1 is 1.26 bits per heavy atom. The molecule has 0 radical (unpaired) electrons. The molecule has 1 aromatic carbocycles. The first kappa shape index (κ1) is 16.1. The smallest absolute Gasteiger partial charge is 0.262 e. The Bertz CT molecular complexity index is 795. The number of carbonyl (C=O) groups is 1. The van der Waals surface area contributed by atoms with E-state index in [0.717, 1.165) is 12.1 Å². The van der Waals surface area contributed by atoms with Crippen molar-refractivity contribution >= 4 is 27.5 Å². The summed E-state index contributed by atoms with van der Waals surface area (Å²) in [5, 5.41) is 4.23. The van der Waals surface area contributed by atoms with Gasteiger partial charge in [-0.05, 0) is 55.3 Å². The van der Waals surface area contributed by atoms with Gasteiger partial charge in [-0.2, -0.15) is 5.10 Å². The summed E-state index contributed by atoms with van der Waals surface area (Å²) in [6.07, 6.45) is 1.75. The molecule has 1 aromatic heterocycles. The van der Waals surface area contributed by atoms with Crippen LogP contribution in [0.2, 0.25) is 0 Å². The normalized spacial score (nSPS) is 14.3. The monoisotopic (exact) mass is 383 g/mol. The molecule has 0 N–H and O–H groups in total. The molecule has 1 aliphatic heterocycles. The Labute approximate surface area is 141 Å². The van der Waals surface area contributed by atoms with Gasteiger partial charge in [0.1, 0.15) is 16.2 Å². The minimum Gasteiger partial charge on any atom is -0.305 e. The lowest BCUT2D eigenvalue weighted by molar-refractivity contribution is 0.0987. The van der Waals surface area contributed by atoms with E-state index >= 15 is 0 Å². The summed E-state index contributed by atoms with van der Waals surface area (Å²) in [5.41, 5.74) is 0.303. The Morgan fingerprint density at radius 3 is 2.52 bits per heavy atom. The number of hydrogen-bond acceptors (Lipinski definition) is 2. The van der Waals surface area contributed by atoms with Crippen molar-refractivity contribution in [2.45, 2.75) is 32.7 Å². The molecular formula is C16H16BrF2N3O. The first-order valence-corrected chi connectivity index (χ1v) is 8.04. The van der Waals surface area contributed by atoms with Crippen LogP contribution in [0.3, 0.4) is 0 Å². The van der Waals surface area contributed by atoms with Crippen molar-refractivity contribution in [3.05, 3.63) is 45.7 Å². The predicted molar refractivity (Wildman–Crippen MR) is 86.7 cm³/mol. The van der Waals surface area contributed by atoms with Crippen molar-refractivity contribution in [3.63, 3.8) is 0 Å². The number of hydrogen-bond donors (Lipinski definition) is 0. The molecule has 0 unspecified atom stereocenters. The second-order valence-electron chi connectivity index (χ2n) is 6.49. The fourth-order valence-electron chi connectivity index (χ4n) is 2.74. The van der Waals surface area contributed by atoms with Crippen molar-refractivity contribution < 1.29 is 13.6 Å². The number of anilines is 1. The number of rotatable bonds is 1. The number of aromatic nitrogens is 2. The number of halogens is 3. The Morgan fingerprint density at radius 2 is 1.91 bits per heavy atom. The number of nitrogens with zero attached hydrogens (tertiary/aromatic N) is 3. The molecule has 4 nitrogen and oxygen atoms in total. The highest BCUT2D eigenvalue weighted by Gasteiger charge is 2.33. The molecule has 23 heavy (non-hydrogen) atoms. The molecule has 2 heterocycles. The first-order valence-electron chi connectivity index (χ1n) is 7.24. The second-order valence-corrected chi connectivity index (χ2v) is 7.25. The predicted octanol–water partition coefficient (Wildman–Crippen LogP) is 3.88. The molecule has 122 valence electrons. The maximum Gasteiger partial charge on any atom is 0.262 e. The van der Waals surface area contributed by atoms with Gasteiger partial charge >= 0.3 is 0 Å². The molecule has 0 saturated carbocycles. The van der Waals surface area contributed by atoms with Crippen LogP contribution in [0.15, 0.2) is 22.9 Å². The largest absolute Gasteiger partial charge is 0.305 e. The molecule has 0 atom stereocenters. The Balaban J connectivity index is 2.02. The van der Waals surface area contributed by atoms with Crippen LogP contribution in [-0.2, 0) is 12.0 Å². The molecule has 2 aromatic rings. The molecule has 7 heteroatoms. The Kier molecular flexibility index (Phi) is 3.78. The van der Waals surface area contributed by atoms with E-state index in [-0.39, 0.29) is 23.3 Å². The fraction of sp³-hybridized carbons (Fsp3) is 0.375. The van der Waals surface area contributed by atoms with Gasteiger partial charge < -0.3 is 4.90 Å². The highest BCUT2D eigenvalue weighted by molar-refractivity contribution is 9.10. The van der Waals surface area contributed by atoms with Gasteiger partial charge in [-0.1, -0.05) is 0 Å². The Hall–Kier alpha value is -1.76. The maximum atomic E-state index is 14.1. The number of carbonyl (C=O) groups excluding carboxylic acids is 1. The molecule has 0 aliphatic carbocycles. The molecule has 0 spiro atoms. The topological polar surface area (TPSA) is 38.1 Å². The summed E-state index contributed by atoms with van der Waals surface area (Å²) in [7, 11) is 0. The average molecular weight is 384 g/mol. The van der Waals surface area contributed by atoms with E-state index in [0.29, 0.717) is 16.6 Å². The van der Waals surface area contributed by atoms with E-state index in [2.05, 4.69) is 21.0 Å². The molecular weight excluding hydrogens is 368 g/mol. The highest BCUT2D eigenvalue weighted by atomic mass is 79.9. The third kappa shape index (κ3) is 2.56. The van der Waals surface area contributed by atoms with Crippen LogP contribution in [0.5, 0.6) is 0 Å². The van der Waals surface area contributed by atoms with Crippen LogP contribution in [0.1, 0.15) is 36.7 Å². The summed E-state index contributed by atoms with van der Waals surface area (Å²) in [5.74, 6) is -1.47. The van der Waals surface area contributed by atoms with Crippen molar-refractivity contribution in [1.29, 1.82) is 0 Å². The van der Waals surface area contributed by atoms with Crippen LogP contribution in [0.4, 0.5) is 14.5 Å². The lowest BCUT2D eigenvalue weighted by Gasteiger charge is -2.21. The summed E-state index contributed by atoms with van der Waals surface area (Å²) in [4.78, 5) is 14.1. The number of amides is 1. The van der Waals surface area contributed by atoms with Crippen LogP contribution >= 0.6 is 15.9 Å². The number of fused-ring (bicyclic) bond motifs is 1. The summed E-state index contributed by atoms with van der Waals surface area (Å²) < 4.78 is 30.1. The highest BCUT2D eigenvalue weighted by Crippen LogP contribution is 2.35. The molecule has 0 fully saturated rings. The average Bonchev–Trinajstić information content (AvgIpc) is 3.06. The van der Waals surface area contributed by atoms with Crippen LogP contribution in [0.25, 0.3) is 0 Å². The minimum absolute atomic E-state index is 0.0328. The minimum atomic E-state index is -0.591. The van der Waals surface area contributed by atoms with E-state index in [9.17, 15) is 13.6 Å².